The highest BCUT2D eigenvalue weighted by Crippen LogP contribution is 2.32. The van der Waals surface area contributed by atoms with Crippen LogP contribution >= 0.6 is 11.3 Å². The number of anilines is 1. The summed E-state index contributed by atoms with van der Waals surface area (Å²) in [7, 11) is -3.67. The van der Waals surface area contributed by atoms with Gasteiger partial charge in [-0.3, -0.25) is 10.1 Å². The van der Waals surface area contributed by atoms with E-state index >= 15 is 0 Å². The van der Waals surface area contributed by atoms with Gasteiger partial charge in [0.05, 0.1) is 4.92 Å². The van der Waals surface area contributed by atoms with Crippen LogP contribution in [0.4, 0.5) is 11.4 Å². The standard InChI is InChI=1S/C16H16N2O4S2/c1-24(21,22)16-11-13(4-5-14(16)18(19)20)17-8-6-12(7-9-17)15-3-2-10-23-15/h2-6,10-11H,7-9H2,1H3. The van der Waals surface area contributed by atoms with Crippen LogP contribution in [0.1, 0.15) is 11.3 Å². The van der Waals surface area contributed by atoms with E-state index in [-0.39, 0.29) is 10.6 Å². The molecule has 3 rings (SSSR count). The summed E-state index contributed by atoms with van der Waals surface area (Å²) in [4.78, 5) is 13.4. The molecule has 24 heavy (non-hydrogen) atoms. The van der Waals surface area contributed by atoms with Crippen LogP contribution in [-0.2, 0) is 9.84 Å². The second-order valence-electron chi connectivity index (χ2n) is 5.58. The first-order chi connectivity index (χ1) is 11.4. The number of nitrogens with zero attached hydrogens (tertiary/aromatic N) is 2. The van der Waals surface area contributed by atoms with Gasteiger partial charge in [-0.1, -0.05) is 12.1 Å². The number of nitro groups is 1. The Labute approximate surface area is 144 Å². The molecule has 0 amide bonds. The zero-order valence-corrected chi connectivity index (χ0v) is 14.6. The molecule has 8 heteroatoms. The van der Waals surface area contributed by atoms with Crippen LogP contribution < -0.4 is 4.90 Å². The molecule has 0 saturated heterocycles. The zero-order valence-electron chi connectivity index (χ0n) is 13.0. The van der Waals surface area contributed by atoms with Crippen molar-refractivity contribution >= 4 is 38.1 Å². The van der Waals surface area contributed by atoms with Crippen molar-refractivity contribution in [2.75, 3.05) is 24.2 Å². The number of thiophene rings is 1. The zero-order chi connectivity index (χ0) is 17.3. The predicted octanol–water partition coefficient (Wildman–Crippen LogP) is 3.35. The summed E-state index contributed by atoms with van der Waals surface area (Å²) in [5.74, 6) is 0. The van der Waals surface area contributed by atoms with Crippen LogP contribution in [0.15, 0.2) is 46.7 Å². The predicted molar refractivity (Wildman–Crippen MR) is 95.3 cm³/mol. The van der Waals surface area contributed by atoms with E-state index in [1.54, 1.807) is 17.4 Å². The number of benzene rings is 1. The Morgan fingerprint density at radius 2 is 2.08 bits per heavy atom. The topological polar surface area (TPSA) is 80.5 Å². The molecule has 1 aromatic carbocycles. The van der Waals surface area contributed by atoms with Gasteiger partial charge in [0.2, 0.25) is 0 Å². The first-order valence-corrected chi connectivity index (χ1v) is 10.1. The maximum atomic E-state index is 11.9. The largest absolute Gasteiger partial charge is 0.367 e. The van der Waals surface area contributed by atoms with Crippen LogP contribution in [0.25, 0.3) is 5.57 Å². The molecule has 0 radical (unpaired) electrons. The third kappa shape index (κ3) is 3.34. The lowest BCUT2D eigenvalue weighted by Gasteiger charge is -2.28. The lowest BCUT2D eigenvalue weighted by Crippen LogP contribution is -2.28. The first kappa shape index (κ1) is 16.7. The molecule has 0 N–H and O–H groups in total. The third-order valence-electron chi connectivity index (χ3n) is 3.95. The quantitative estimate of drug-likeness (QED) is 0.614. The van der Waals surface area contributed by atoms with Crippen LogP contribution in [0.3, 0.4) is 0 Å². The van der Waals surface area contributed by atoms with E-state index in [9.17, 15) is 18.5 Å². The van der Waals surface area contributed by atoms with E-state index in [0.717, 1.165) is 19.2 Å². The van der Waals surface area contributed by atoms with Gasteiger partial charge in [-0.2, -0.15) is 0 Å². The molecule has 0 saturated carbocycles. The average Bonchev–Trinajstić information content (AvgIpc) is 3.08. The summed E-state index contributed by atoms with van der Waals surface area (Å²) in [5, 5.41) is 13.1. The van der Waals surface area contributed by atoms with Gasteiger partial charge in [0.15, 0.2) is 9.84 Å². The van der Waals surface area contributed by atoms with E-state index in [1.807, 2.05) is 16.3 Å². The van der Waals surface area contributed by atoms with Gasteiger partial charge >= 0.3 is 0 Å². The number of hydrogen-bond donors (Lipinski definition) is 0. The highest BCUT2D eigenvalue weighted by molar-refractivity contribution is 7.90. The van der Waals surface area contributed by atoms with Gasteiger partial charge in [0.1, 0.15) is 4.90 Å². The Kier molecular flexibility index (Phi) is 4.42. The lowest BCUT2D eigenvalue weighted by molar-refractivity contribution is -0.387. The molecule has 1 aliphatic rings. The highest BCUT2D eigenvalue weighted by Gasteiger charge is 2.24. The van der Waals surface area contributed by atoms with Crippen molar-refractivity contribution < 1.29 is 13.3 Å². The maximum Gasteiger partial charge on any atom is 0.288 e. The van der Waals surface area contributed by atoms with Gasteiger partial charge in [-0.05, 0) is 35.6 Å². The second-order valence-corrected chi connectivity index (χ2v) is 8.52. The van der Waals surface area contributed by atoms with Crippen LogP contribution in [0.2, 0.25) is 0 Å². The van der Waals surface area contributed by atoms with Crippen LogP contribution in [0, 0.1) is 10.1 Å². The van der Waals surface area contributed by atoms with Crippen molar-refractivity contribution in [3.63, 3.8) is 0 Å². The minimum Gasteiger partial charge on any atom is -0.367 e. The molecule has 2 aromatic rings. The summed E-state index contributed by atoms with van der Waals surface area (Å²) in [5.41, 5.74) is 1.59. The SMILES string of the molecule is CS(=O)(=O)c1cc(N2CC=C(c3cccs3)CC2)ccc1[N+](=O)[O-]. The molecule has 0 fully saturated rings. The Morgan fingerprint density at radius 3 is 2.62 bits per heavy atom. The van der Waals surface area contributed by atoms with E-state index in [2.05, 4.69) is 12.1 Å². The summed E-state index contributed by atoms with van der Waals surface area (Å²) in [6, 6.07) is 8.38. The van der Waals surface area contributed by atoms with Crippen molar-refractivity contribution in [1.82, 2.24) is 0 Å². The van der Waals surface area contributed by atoms with E-state index in [0.29, 0.717) is 12.2 Å². The molecular weight excluding hydrogens is 348 g/mol. The molecular formula is C16H16N2O4S2. The molecule has 0 unspecified atom stereocenters. The number of rotatable bonds is 4. The van der Waals surface area contributed by atoms with Gasteiger partial charge in [-0.15, -0.1) is 11.3 Å². The van der Waals surface area contributed by atoms with Crippen molar-refractivity contribution in [1.29, 1.82) is 0 Å². The lowest BCUT2D eigenvalue weighted by atomic mass is 10.1. The molecule has 0 spiro atoms. The summed E-state index contributed by atoms with van der Waals surface area (Å²) < 4.78 is 23.7. The minimum absolute atomic E-state index is 0.238. The summed E-state index contributed by atoms with van der Waals surface area (Å²) in [6.45, 7) is 1.39. The average molecular weight is 364 g/mol. The normalized spacial score (nSPS) is 15.2. The molecule has 126 valence electrons. The van der Waals surface area contributed by atoms with Crippen LogP contribution in [-0.4, -0.2) is 32.7 Å². The molecule has 2 heterocycles. The van der Waals surface area contributed by atoms with Crippen molar-refractivity contribution in [2.24, 2.45) is 0 Å². The van der Waals surface area contributed by atoms with Crippen molar-refractivity contribution in [3.05, 3.63) is 56.8 Å². The highest BCUT2D eigenvalue weighted by atomic mass is 32.2. The van der Waals surface area contributed by atoms with Crippen molar-refractivity contribution in [2.45, 2.75) is 11.3 Å². The number of hydrogen-bond acceptors (Lipinski definition) is 6. The maximum absolute atomic E-state index is 11.9. The van der Waals surface area contributed by atoms with E-state index < -0.39 is 14.8 Å². The Balaban J connectivity index is 1.90. The number of sulfone groups is 1. The first-order valence-electron chi connectivity index (χ1n) is 7.32. The van der Waals surface area contributed by atoms with E-state index in [1.165, 1.54) is 22.6 Å². The van der Waals surface area contributed by atoms with Crippen molar-refractivity contribution in [3.8, 4) is 0 Å². The molecule has 1 aromatic heterocycles. The van der Waals surface area contributed by atoms with Crippen LogP contribution in [0.5, 0.6) is 0 Å². The molecule has 0 bridgehead atoms. The van der Waals surface area contributed by atoms with Gasteiger partial charge in [0.25, 0.3) is 5.69 Å². The minimum atomic E-state index is -3.67. The Hall–Kier alpha value is -2.19. The van der Waals surface area contributed by atoms with Gasteiger partial charge in [0, 0.05) is 36.0 Å². The van der Waals surface area contributed by atoms with E-state index in [4.69, 9.17) is 0 Å². The molecule has 1 aliphatic heterocycles. The molecule has 0 atom stereocenters. The Morgan fingerprint density at radius 1 is 1.29 bits per heavy atom. The fourth-order valence-electron chi connectivity index (χ4n) is 2.74. The fourth-order valence-corrected chi connectivity index (χ4v) is 4.39. The Bertz CT molecular complexity index is 902. The smallest absolute Gasteiger partial charge is 0.288 e. The summed E-state index contributed by atoms with van der Waals surface area (Å²) >= 11 is 1.70. The number of nitro benzene ring substituents is 1. The van der Waals surface area contributed by atoms with Gasteiger partial charge < -0.3 is 4.90 Å². The van der Waals surface area contributed by atoms with Gasteiger partial charge in [-0.25, -0.2) is 8.42 Å². The molecule has 0 aliphatic carbocycles. The monoisotopic (exact) mass is 364 g/mol. The molecule has 6 nitrogen and oxygen atoms in total. The fraction of sp³-hybridized carbons (Fsp3) is 0.250. The third-order valence-corrected chi connectivity index (χ3v) is 6.02. The second kappa shape index (κ2) is 6.37. The summed E-state index contributed by atoms with van der Waals surface area (Å²) in [6.07, 6.45) is 3.96.